The van der Waals surface area contributed by atoms with Gasteiger partial charge < -0.3 is 14.8 Å². The molecule has 3 aromatic rings. The summed E-state index contributed by atoms with van der Waals surface area (Å²) in [6, 6.07) is 13.6. The number of ether oxygens (including phenoxy) is 2. The van der Waals surface area contributed by atoms with Gasteiger partial charge in [-0.15, -0.1) is 11.3 Å². The van der Waals surface area contributed by atoms with Crippen molar-refractivity contribution in [1.82, 2.24) is 0 Å². The number of aryl methyl sites for hydroxylation is 1. The molecule has 0 atom stereocenters. The summed E-state index contributed by atoms with van der Waals surface area (Å²) in [6.45, 7) is 0.657. The zero-order valence-corrected chi connectivity index (χ0v) is 19.4. The van der Waals surface area contributed by atoms with Crippen molar-refractivity contribution in [2.45, 2.75) is 11.1 Å². The van der Waals surface area contributed by atoms with E-state index in [2.05, 4.69) is 5.32 Å². The molecule has 0 fully saturated rings. The van der Waals surface area contributed by atoms with Gasteiger partial charge in [0.25, 0.3) is 15.9 Å². The number of hydrogen-bond donors (Lipinski definition) is 1. The van der Waals surface area contributed by atoms with E-state index in [0.717, 1.165) is 15.6 Å². The van der Waals surface area contributed by atoms with Gasteiger partial charge >= 0.3 is 5.97 Å². The Hall–Kier alpha value is -3.44. The van der Waals surface area contributed by atoms with Gasteiger partial charge in [-0.25, -0.2) is 17.6 Å². The summed E-state index contributed by atoms with van der Waals surface area (Å²) < 4.78 is 50.4. The van der Waals surface area contributed by atoms with Crippen molar-refractivity contribution < 1.29 is 31.9 Å². The van der Waals surface area contributed by atoms with Crippen molar-refractivity contribution in [1.29, 1.82) is 0 Å². The molecule has 2 aromatic carbocycles. The number of halogens is 1. The number of nitrogens with zero attached hydrogens (tertiary/aromatic N) is 1. The van der Waals surface area contributed by atoms with E-state index >= 15 is 0 Å². The molecule has 174 valence electrons. The fourth-order valence-corrected chi connectivity index (χ4v) is 5.03. The maximum Gasteiger partial charge on any atom is 0.344 e. The van der Waals surface area contributed by atoms with Crippen LogP contribution < -0.4 is 14.4 Å². The van der Waals surface area contributed by atoms with Gasteiger partial charge in [-0.3, -0.25) is 9.10 Å². The zero-order chi connectivity index (χ0) is 24.0. The van der Waals surface area contributed by atoms with Gasteiger partial charge in [0, 0.05) is 7.05 Å². The number of amides is 1. The van der Waals surface area contributed by atoms with Crippen LogP contribution in [0.1, 0.15) is 5.56 Å². The molecule has 0 aliphatic rings. The standard InChI is InChI=1S/C22H21FN2O6S2/c1-15-5-10-19(18(23)12-15)24-20(26)13-31-21(27)14-30-17-8-6-16(7-9-17)25(2)33(28,29)22-4-3-11-32-22/h3-12H,13-14H2,1-2H3,(H,24,26). The highest BCUT2D eigenvalue weighted by atomic mass is 32.2. The number of carbonyl (C=O) groups excluding carboxylic acids is 2. The van der Waals surface area contributed by atoms with Crippen molar-refractivity contribution in [2.24, 2.45) is 0 Å². The number of sulfonamides is 1. The Morgan fingerprint density at radius 1 is 1.09 bits per heavy atom. The van der Waals surface area contributed by atoms with Crippen molar-refractivity contribution in [2.75, 3.05) is 29.9 Å². The third-order valence-electron chi connectivity index (χ3n) is 4.43. The van der Waals surface area contributed by atoms with Crippen molar-refractivity contribution >= 4 is 44.6 Å². The average Bonchev–Trinajstić information content (AvgIpc) is 3.34. The number of anilines is 2. The van der Waals surface area contributed by atoms with E-state index in [0.29, 0.717) is 17.0 Å². The largest absolute Gasteiger partial charge is 0.482 e. The lowest BCUT2D eigenvalue weighted by Crippen LogP contribution is -2.25. The molecule has 0 saturated heterocycles. The number of rotatable bonds is 9. The van der Waals surface area contributed by atoms with E-state index in [4.69, 9.17) is 9.47 Å². The van der Waals surface area contributed by atoms with Crippen LogP contribution in [0.2, 0.25) is 0 Å². The number of thiophene rings is 1. The van der Waals surface area contributed by atoms with Crippen LogP contribution in [-0.4, -0.2) is 40.6 Å². The second-order valence-corrected chi connectivity index (χ2v) is 10.0. The molecular weight excluding hydrogens is 471 g/mol. The average molecular weight is 493 g/mol. The number of benzene rings is 2. The van der Waals surface area contributed by atoms with E-state index in [1.807, 2.05) is 0 Å². The van der Waals surface area contributed by atoms with E-state index in [9.17, 15) is 22.4 Å². The van der Waals surface area contributed by atoms with Crippen LogP contribution >= 0.6 is 11.3 Å². The molecule has 0 aliphatic carbocycles. The first-order valence-electron chi connectivity index (χ1n) is 9.64. The predicted octanol–water partition coefficient (Wildman–Crippen LogP) is 3.58. The Morgan fingerprint density at radius 2 is 1.82 bits per heavy atom. The van der Waals surface area contributed by atoms with Crippen LogP contribution in [-0.2, 0) is 24.3 Å². The minimum Gasteiger partial charge on any atom is -0.482 e. The van der Waals surface area contributed by atoms with Crippen LogP contribution in [0.5, 0.6) is 5.75 Å². The minimum atomic E-state index is -3.65. The van der Waals surface area contributed by atoms with Crippen molar-refractivity contribution in [3.05, 3.63) is 71.4 Å². The fraction of sp³-hybridized carbons (Fsp3) is 0.182. The van der Waals surface area contributed by atoms with E-state index in [1.165, 1.54) is 49.5 Å². The molecule has 1 N–H and O–H groups in total. The Labute approximate surface area is 194 Å². The molecule has 1 aromatic heterocycles. The van der Waals surface area contributed by atoms with Gasteiger partial charge in [-0.05, 0) is 60.3 Å². The SMILES string of the molecule is Cc1ccc(NC(=O)COC(=O)COc2ccc(N(C)S(=O)(=O)c3cccs3)cc2)c(F)c1. The third-order valence-corrected chi connectivity index (χ3v) is 7.59. The molecule has 1 heterocycles. The molecule has 8 nitrogen and oxygen atoms in total. The summed E-state index contributed by atoms with van der Waals surface area (Å²) >= 11 is 1.12. The van der Waals surface area contributed by atoms with Gasteiger partial charge in [0.15, 0.2) is 13.2 Å². The molecular formula is C22H21FN2O6S2. The van der Waals surface area contributed by atoms with Crippen molar-refractivity contribution in [3.8, 4) is 5.75 Å². The summed E-state index contributed by atoms with van der Waals surface area (Å²) in [5, 5.41) is 4.00. The lowest BCUT2D eigenvalue weighted by molar-refractivity contribution is -0.149. The van der Waals surface area contributed by atoms with Gasteiger partial charge in [-0.1, -0.05) is 12.1 Å². The Balaban J connectivity index is 1.47. The predicted molar refractivity (Wildman–Crippen MR) is 123 cm³/mol. The van der Waals surface area contributed by atoms with Crippen LogP contribution in [0, 0.1) is 12.7 Å². The molecule has 0 spiro atoms. The minimum absolute atomic E-state index is 0.0101. The Kier molecular flexibility index (Phi) is 7.67. The second-order valence-electron chi connectivity index (χ2n) is 6.88. The molecule has 33 heavy (non-hydrogen) atoms. The second kappa shape index (κ2) is 10.5. The molecule has 11 heteroatoms. The van der Waals surface area contributed by atoms with E-state index in [1.54, 1.807) is 24.4 Å². The van der Waals surface area contributed by atoms with Crippen LogP contribution in [0.4, 0.5) is 15.8 Å². The highest BCUT2D eigenvalue weighted by molar-refractivity contribution is 7.94. The van der Waals surface area contributed by atoms with Gasteiger partial charge in [-0.2, -0.15) is 0 Å². The summed E-state index contributed by atoms with van der Waals surface area (Å²) in [7, 11) is -2.21. The normalized spacial score (nSPS) is 11.0. The van der Waals surface area contributed by atoms with Crippen LogP contribution in [0.3, 0.4) is 0 Å². The first-order valence-corrected chi connectivity index (χ1v) is 12.0. The van der Waals surface area contributed by atoms with Crippen LogP contribution in [0.25, 0.3) is 0 Å². The summed E-state index contributed by atoms with van der Waals surface area (Å²) in [4.78, 5) is 23.7. The van der Waals surface area contributed by atoms with E-state index in [-0.39, 0.29) is 9.90 Å². The van der Waals surface area contributed by atoms with Gasteiger partial charge in [0.2, 0.25) is 0 Å². The molecule has 0 aliphatic heterocycles. The Morgan fingerprint density at radius 3 is 2.45 bits per heavy atom. The molecule has 1 amide bonds. The summed E-state index contributed by atoms with van der Waals surface area (Å²) in [6.07, 6.45) is 0. The molecule has 3 rings (SSSR count). The molecule has 0 bridgehead atoms. The summed E-state index contributed by atoms with van der Waals surface area (Å²) in [5.74, 6) is -1.76. The molecule has 0 radical (unpaired) electrons. The number of esters is 1. The maximum absolute atomic E-state index is 13.8. The number of hydrogen-bond acceptors (Lipinski definition) is 7. The molecule has 0 saturated carbocycles. The fourth-order valence-electron chi connectivity index (χ4n) is 2.67. The summed E-state index contributed by atoms with van der Waals surface area (Å²) in [5.41, 5.74) is 1.11. The monoisotopic (exact) mass is 492 g/mol. The van der Waals surface area contributed by atoms with Crippen molar-refractivity contribution in [3.63, 3.8) is 0 Å². The third kappa shape index (κ3) is 6.30. The first-order chi connectivity index (χ1) is 15.7. The smallest absolute Gasteiger partial charge is 0.344 e. The molecule has 0 unspecified atom stereocenters. The number of carbonyl (C=O) groups is 2. The van der Waals surface area contributed by atoms with Gasteiger partial charge in [0.05, 0.1) is 11.4 Å². The zero-order valence-electron chi connectivity index (χ0n) is 17.8. The maximum atomic E-state index is 13.8. The number of nitrogens with one attached hydrogen (secondary N) is 1. The topological polar surface area (TPSA) is 102 Å². The highest BCUT2D eigenvalue weighted by Crippen LogP contribution is 2.26. The first kappa shape index (κ1) is 24.2. The Bertz CT molecular complexity index is 1230. The quantitative estimate of drug-likeness (QED) is 0.458. The highest BCUT2D eigenvalue weighted by Gasteiger charge is 2.22. The van der Waals surface area contributed by atoms with Crippen LogP contribution in [0.15, 0.2) is 64.2 Å². The lowest BCUT2D eigenvalue weighted by atomic mass is 10.2. The lowest BCUT2D eigenvalue weighted by Gasteiger charge is -2.18. The van der Waals surface area contributed by atoms with Gasteiger partial charge in [0.1, 0.15) is 15.8 Å². The van der Waals surface area contributed by atoms with E-state index < -0.39 is 40.9 Å².